The summed E-state index contributed by atoms with van der Waals surface area (Å²) in [7, 11) is 1.65. The number of nitrogens with zero attached hydrogens (tertiary/aromatic N) is 2. The first-order valence-corrected chi connectivity index (χ1v) is 16.6. The number of halogens is 1. The van der Waals surface area contributed by atoms with Crippen molar-refractivity contribution in [3.05, 3.63) is 93.1 Å². The molecule has 3 heterocycles. The number of fused-ring (bicyclic) bond motifs is 2. The third-order valence-electron chi connectivity index (χ3n) is 10.3. The topological polar surface area (TPSA) is 79.3 Å². The fourth-order valence-corrected chi connectivity index (χ4v) is 8.40. The van der Waals surface area contributed by atoms with Crippen molar-refractivity contribution in [2.45, 2.75) is 69.7 Å². The van der Waals surface area contributed by atoms with Crippen LogP contribution in [0.25, 0.3) is 0 Å². The monoisotopic (exact) mass is 708 g/mol. The number of para-hydroxylation sites is 1. The molecule has 2 saturated heterocycles. The number of aliphatic hydroxyl groups is 1. The molecule has 0 unspecified atom stereocenters. The van der Waals surface area contributed by atoms with Crippen LogP contribution in [0.2, 0.25) is 0 Å². The average molecular weight is 709 g/mol. The zero-order valence-corrected chi connectivity index (χ0v) is 28.0. The summed E-state index contributed by atoms with van der Waals surface area (Å²) >= 11 is 2.29. The highest BCUT2D eigenvalue weighted by Crippen LogP contribution is 2.60. The van der Waals surface area contributed by atoms with Gasteiger partial charge in [0.2, 0.25) is 5.91 Å². The first-order chi connectivity index (χ1) is 21.1. The van der Waals surface area contributed by atoms with Gasteiger partial charge in [-0.25, -0.2) is 0 Å². The van der Waals surface area contributed by atoms with E-state index in [0.29, 0.717) is 13.1 Å². The van der Waals surface area contributed by atoms with Crippen LogP contribution < -0.4 is 9.64 Å². The molecule has 3 aliphatic heterocycles. The van der Waals surface area contributed by atoms with Crippen molar-refractivity contribution in [3.8, 4) is 5.75 Å². The standard InChI is InChI=1S/C36H41IN2O5/c1-23-33(35(2,3)25-13-17-28(43-4)18-14-25)31(20-32(41)38-19-7-8-27(38)22-40)44-36(23)29-9-5-6-10-30(29)39(34(36)42)21-24-11-15-26(37)16-12-24/h5-6,9-18,23,27,31,33,40H,7-8,19-22H2,1-4H3/t23-,27+,31+,33-,36+/m1/s1. The summed E-state index contributed by atoms with van der Waals surface area (Å²) in [6.45, 7) is 7.53. The fourth-order valence-electron chi connectivity index (χ4n) is 8.04. The van der Waals surface area contributed by atoms with Gasteiger partial charge in [0.25, 0.3) is 5.91 Å². The lowest BCUT2D eigenvalue weighted by Gasteiger charge is -2.39. The van der Waals surface area contributed by atoms with Crippen molar-refractivity contribution >= 4 is 40.1 Å². The largest absolute Gasteiger partial charge is 0.497 e. The molecule has 0 radical (unpaired) electrons. The minimum Gasteiger partial charge on any atom is -0.497 e. The Morgan fingerprint density at radius 2 is 1.80 bits per heavy atom. The highest BCUT2D eigenvalue weighted by atomic mass is 127. The van der Waals surface area contributed by atoms with E-state index in [-0.39, 0.29) is 42.7 Å². The Labute approximate surface area is 273 Å². The lowest BCUT2D eigenvalue weighted by molar-refractivity contribution is -0.150. The average Bonchev–Trinajstić information content (AvgIpc) is 3.69. The van der Waals surface area contributed by atoms with Crippen molar-refractivity contribution in [2.24, 2.45) is 11.8 Å². The van der Waals surface area contributed by atoms with Gasteiger partial charge >= 0.3 is 0 Å². The SMILES string of the molecule is COc1ccc(C(C)(C)[C@H]2[C@H](CC(=O)N3CCC[C@H]3CO)O[C@@]3(C(=O)N(Cc4ccc(I)cc4)c4ccccc43)[C@@H]2C)cc1. The molecule has 6 rings (SSSR count). The minimum atomic E-state index is -1.22. The van der Waals surface area contributed by atoms with Crippen LogP contribution in [0, 0.1) is 15.4 Å². The summed E-state index contributed by atoms with van der Waals surface area (Å²) in [6.07, 6.45) is 1.32. The van der Waals surface area contributed by atoms with Gasteiger partial charge in [-0.2, -0.15) is 0 Å². The molecule has 232 valence electrons. The number of carbonyl (C=O) groups excluding carboxylic acids is 2. The predicted molar refractivity (Wildman–Crippen MR) is 178 cm³/mol. The van der Waals surface area contributed by atoms with E-state index in [1.54, 1.807) is 7.11 Å². The van der Waals surface area contributed by atoms with Gasteiger partial charge in [-0.3, -0.25) is 9.59 Å². The number of hydrogen-bond donors (Lipinski definition) is 1. The van der Waals surface area contributed by atoms with Crippen LogP contribution in [0.15, 0.2) is 72.8 Å². The first-order valence-electron chi connectivity index (χ1n) is 15.5. The number of carbonyl (C=O) groups is 2. The highest BCUT2D eigenvalue weighted by molar-refractivity contribution is 14.1. The lowest BCUT2D eigenvalue weighted by atomic mass is 9.63. The van der Waals surface area contributed by atoms with Gasteiger partial charge in [0.1, 0.15) is 5.75 Å². The number of aliphatic hydroxyl groups excluding tert-OH is 1. The second-order valence-electron chi connectivity index (χ2n) is 13.0. The smallest absolute Gasteiger partial charge is 0.264 e. The van der Waals surface area contributed by atoms with E-state index in [4.69, 9.17) is 9.47 Å². The second kappa shape index (κ2) is 12.1. The molecule has 0 saturated carbocycles. The molecule has 2 fully saturated rings. The van der Waals surface area contributed by atoms with Crippen molar-refractivity contribution in [1.29, 1.82) is 0 Å². The van der Waals surface area contributed by atoms with Crippen molar-refractivity contribution in [2.75, 3.05) is 25.2 Å². The summed E-state index contributed by atoms with van der Waals surface area (Å²) in [6, 6.07) is 24.1. The minimum absolute atomic E-state index is 0.0270. The zero-order chi connectivity index (χ0) is 31.2. The maximum absolute atomic E-state index is 14.8. The maximum atomic E-state index is 14.8. The number of methoxy groups -OCH3 is 1. The molecule has 0 bridgehead atoms. The molecule has 7 nitrogen and oxygen atoms in total. The van der Waals surface area contributed by atoms with Gasteiger partial charge in [-0.1, -0.05) is 63.2 Å². The molecule has 2 amide bonds. The highest BCUT2D eigenvalue weighted by Gasteiger charge is 2.66. The van der Waals surface area contributed by atoms with Gasteiger partial charge < -0.3 is 24.4 Å². The van der Waals surface area contributed by atoms with Crippen LogP contribution >= 0.6 is 22.6 Å². The van der Waals surface area contributed by atoms with Crippen LogP contribution in [0.4, 0.5) is 5.69 Å². The molecular formula is C36H41IN2O5. The van der Waals surface area contributed by atoms with E-state index in [1.807, 2.05) is 46.2 Å². The maximum Gasteiger partial charge on any atom is 0.264 e. The van der Waals surface area contributed by atoms with Crippen LogP contribution in [0.1, 0.15) is 56.7 Å². The van der Waals surface area contributed by atoms with Crippen molar-refractivity contribution in [1.82, 2.24) is 4.90 Å². The number of hydrogen-bond acceptors (Lipinski definition) is 5. The zero-order valence-electron chi connectivity index (χ0n) is 25.8. The van der Waals surface area contributed by atoms with Crippen LogP contribution in [-0.4, -0.2) is 54.2 Å². The molecule has 44 heavy (non-hydrogen) atoms. The van der Waals surface area contributed by atoms with Crippen molar-refractivity contribution < 1.29 is 24.2 Å². The van der Waals surface area contributed by atoms with Gasteiger partial charge in [0.05, 0.1) is 44.5 Å². The number of ether oxygens (including phenoxy) is 2. The van der Waals surface area contributed by atoms with Crippen LogP contribution in [0.3, 0.4) is 0 Å². The molecule has 5 atom stereocenters. The number of anilines is 1. The van der Waals surface area contributed by atoms with Crippen LogP contribution in [-0.2, 0) is 31.9 Å². The summed E-state index contributed by atoms with van der Waals surface area (Å²) < 4.78 is 13.7. The van der Waals surface area contributed by atoms with Gasteiger partial charge in [-0.15, -0.1) is 0 Å². The molecule has 0 aliphatic carbocycles. The quantitative estimate of drug-likeness (QED) is 0.289. The number of amides is 2. The van der Waals surface area contributed by atoms with E-state index >= 15 is 0 Å². The lowest BCUT2D eigenvalue weighted by Crippen LogP contribution is -2.45. The van der Waals surface area contributed by atoms with E-state index in [9.17, 15) is 14.7 Å². The Balaban J connectivity index is 1.42. The Hall–Kier alpha value is -2.95. The van der Waals surface area contributed by atoms with E-state index in [2.05, 4.69) is 79.8 Å². The number of likely N-dealkylation sites (tertiary alicyclic amines) is 1. The Morgan fingerprint density at radius 3 is 2.48 bits per heavy atom. The third-order valence-corrected chi connectivity index (χ3v) is 11.0. The van der Waals surface area contributed by atoms with Gasteiger partial charge in [0.15, 0.2) is 5.60 Å². The molecule has 8 heteroatoms. The third kappa shape index (κ3) is 5.12. The molecule has 0 aromatic heterocycles. The molecule has 3 aliphatic rings. The van der Waals surface area contributed by atoms with Gasteiger partial charge in [0, 0.05) is 27.5 Å². The summed E-state index contributed by atoms with van der Waals surface area (Å²) in [4.78, 5) is 32.3. The van der Waals surface area contributed by atoms with Gasteiger partial charge in [-0.05, 0) is 82.3 Å². The van der Waals surface area contributed by atoms with Crippen molar-refractivity contribution in [3.63, 3.8) is 0 Å². The summed E-state index contributed by atoms with van der Waals surface area (Å²) in [5, 5.41) is 9.95. The van der Waals surface area contributed by atoms with Crippen LogP contribution in [0.5, 0.6) is 5.75 Å². The van der Waals surface area contributed by atoms with E-state index < -0.39 is 17.1 Å². The first kappa shape index (κ1) is 31.0. The predicted octanol–water partition coefficient (Wildman–Crippen LogP) is 6.04. The molecule has 3 aromatic carbocycles. The normalized spacial score (nSPS) is 26.5. The summed E-state index contributed by atoms with van der Waals surface area (Å²) in [5.74, 6) is 0.273. The van der Waals surface area contributed by atoms with E-state index in [0.717, 1.165) is 44.5 Å². The number of rotatable bonds is 8. The molecule has 3 aromatic rings. The Kier molecular flexibility index (Phi) is 8.54. The second-order valence-corrected chi connectivity index (χ2v) is 14.2. The Morgan fingerprint density at radius 1 is 1.09 bits per heavy atom. The fraction of sp³-hybridized carbons (Fsp3) is 0.444. The number of benzene rings is 3. The Bertz CT molecular complexity index is 1520. The summed E-state index contributed by atoms with van der Waals surface area (Å²) in [5.41, 5.74) is 2.19. The van der Waals surface area contributed by atoms with E-state index in [1.165, 1.54) is 0 Å². The molecule has 1 N–H and O–H groups in total. The molecule has 1 spiro atoms. The molecular weight excluding hydrogens is 667 g/mol.